The maximum Gasteiger partial charge on any atom is 0.224 e. The molecule has 0 aromatic heterocycles. The molecule has 2 aromatic carbocycles. The summed E-state index contributed by atoms with van der Waals surface area (Å²) in [6.07, 6.45) is 7.77. The van der Waals surface area contributed by atoms with Crippen molar-refractivity contribution in [3.05, 3.63) is 70.8 Å². The highest BCUT2D eigenvalue weighted by Crippen LogP contribution is 2.32. The summed E-state index contributed by atoms with van der Waals surface area (Å²) in [5.74, 6) is 0.954. The van der Waals surface area contributed by atoms with E-state index < -0.39 is 0 Å². The largest absolute Gasteiger partial charge is 0.483 e. The van der Waals surface area contributed by atoms with E-state index >= 15 is 0 Å². The van der Waals surface area contributed by atoms with Gasteiger partial charge in [0.15, 0.2) is 0 Å². The lowest BCUT2D eigenvalue weighted by Crippen LogP contribution is -2.32. The molecule has 3 heteroatoms. The summed E-state index contributed by atoms with van der Waals surface area (Å²) in [6.45, 7) is 4.08. The average Bonchev–Trinajstić information content (AvgIpc) is 2.62. The molecular formula is C23H25NO2. The van der Waals surface area contributed by atoms with E-state index in [2.05, 4.69) is 47.8 Å². The monoisotopic (exact) mass is 347 g/mol. The zero-order valence-corrected chi connectivity index (χ0v) is 15.4. The Labute approximate surface area is 155 Å². The van der Waals surface area contributed by atoms with E-state index in [9.17, 15) is 4.79 Å². The van der Waals surface area contributed by atoms with Gasteiger partial charge in [-0.05, 0) is 68.0 Å². The van der Waals surface area contributed by atoms with Crippen LogP contribution in [0.2, 0.25) is 0 Å². The number of carbonyl (C=O) groups excluding carboxylic acids is 1. The molecule has 0 saturated heterocycles. The molecule has 134 valence electrons. The molecule has 0 fully saturated rings. The summed E-state index contributed by atoms with van der Waals surface area (Å²) in [4.78, 5) is 12.6. The van der Waals surface area contributed by atoms with Crippen LogP contribution in [0.3, 0.4) is 0 Å². The van der Waals surface area contributed by atoms with Crippen LogP contribution in [0.1, 0.15) is 55.0 Å². The first-order valence-corrected chi connectivity index (χ1v) is 9.38. The third kappa shape index (κ3) is 3.52. The van der Waals surface area contributed by atoms with E-state index in [4.69, 9.17) is 4.74 Å². The minimum Gasteiger partial charge on any atom is -0.483 e. The maximum atomic E-state index is 12.6. The number of fused-ring (bicyclic) bond motifs is 2. The Kier molecular flexibility index (Phi) is 4.31. The Hall–Kier alpha value is -2.55. The van der Waals surface area contributed by atoms with Gasteiger partial charge in [0.25, 0.3) is 0 Å². The molecule has 1 atom stereocenters. The Balaban J connectivity index is 1.45. The third-order valence-electron chi connectivity index (χ3n) is 5.18. The second-order valence-corrected chi connectivity index (χ2v) is 7.80. The predicted molar refractivity (Wildman–Crippen MR) is 104 cm³/mol. The van der Waals surface area contributed by atoms with Crippen molar-refractivity contribution in [1.82, 2.24) is 5.32 Å². The first-order chi connectivity index (χ1) is 12.5. The molecule has 0 saturated carbocycles. The second-order valence-electron chi connectivity index (χ2n) is 7.80. The Morgan fingerprint density at radius 2 is 2.08 bits per heavy atom. The molecule has 3 nitrogen and oxygen atoms in total. The Morgan fingerprint density at radius 3 is 2.96 bits per heavy atom. The highest BCUT2D eigenvalue weighted by molar-refractivity contribution is 5.79. The molecule has 0 radical (unpaired) electrons. The van der Waals surface area contributed by atoms with Crippen molar-refractivity contribution in [3.8, 4) is 5.75 Å². The number of ether oxygens (including phenoxy) is 1. The van der Waals surface area contributed by atoms with Crippen LogP contribution < -0.4 is 10.1 Å². The molecule has 26 heavy (non-hydrogen) atoms. The van der Waals surface area contributed by atoms with E-state index in [0.717, 1.165) is 36.1 Å². The van der Waals surface area contributed by atoms with Crippen molar-refractivity contribution in [2.24, 2.45) is 0 Å². The fourth-order valence-corrected chi connectivity index (χ4v) is 3.87. The summed E-state index contributed by atoms with van der Waals surface area (Å²) in [7, 11) is 0. The van der Waals surface area contributed by atoms with E-state index in [-0.39, 0.29) is 17.6 Å². The Morgan fingerprint density at radius 1 is 1.23 bits per heavy atom. The number of hydrogen-bond acceptors (Lipinski definition) is 2. The number of amides is 1. The summed E-state index contributed by atoms with van der Waals surface area (Å²) in [5, 5.41) is 3.23. The fraction of sp³-hybridized carbons (Fsp3) is 0.348. The summed E-state index contributed by atoms with van der Waals surface area (Å²) in [5.41, 5.74) is 4.41. The first kappa shape index (κ1) is 16.9. The number of rotatable bonds is 3. The van der Waals surface area contributed by atoms with Gasteiger partial charge in [-0.25, -0.2) is 0 Å². The van der Waals surface area contributed by atoms with E-state index in [1.807, 2.05) is 26.0 Å². The molecule has 2 aliphatic rings. The third-order valence-corrected chi connectivity index (χ3v) is 5.18. The van der Waals surface area contributed by atoms with Crippen LogP contribution in [0.25, 0.3) is 6.08 Å². The Bertz CT molecular complexity index is 866. The van der Waals surface area contributed by atoms with Gasteiger partial charge in [0.05, 0.1) is 12.5 Å². The van der Waals surface area contributed by atoms with Crippen molar-refractivity contribution in [2.75, 3.05) is 0 Å². The van der Waals surface area contributed by atoms with Crippen molar-refractivity contribution in [2.45, 2.75) is 51.2 Å². The number of nitrogens with one attached hydrogen (secondary N) is 1. The predicted octanol–water partition coefficient (Wildman–Crippen LogP) is 4.61. The summed E-state index contributed by atoms with van der Waals surface area (Å²) in [6, 6.07) is 14.6. The van der Waals surface area contributed by atoms with Crippen LogP contribution in [0.5, 0.6) is 5.75 Å². The van der Waals surface area contributed by atoms with Crippen LogP contribution in [0, 0.1) is 0 Å². The van der Waals surface area contributed by atoms with Gasteiger partial charge in [-0.2, -0.15) is 0 Å². The summed E-state index contributed by atoms with van der Waals surface area (Å²) < 4.78 is 5.95. The van der Waals surface area contributed by atoms with Crippen LogP contribution in [0.4, 0.5) is 0 Å². The van der Waals surface area contributed by atoms with Gasteiger partial charge < -0.3 is 10.1 Å². The molecular weight excluding hydrogens is 322 g/mol. The maximum absolute atomic E-state index is 12.6. The van der Waals surface area contributed by atoms with E-state index in [0.29, 0.717) is 6.42 Å². The number of hydrogen-bond donors (Lipinski definition) is 1. The quantitative estimate of drug-likeness (QED) is 0.881. The van der Waals surface area contributed by atoms with Gasteiger partial charge in [0, 0.05) is 5.56 Å². The molecule has 0 spiro atoms. The van der Waals surface area contributed by atoms with Gasteiger partial charge in [-0.1, -0.05) is 36.4 Å². The van der Waals surface area contributed by atoms with Crippen LogP contribution in [-0.4, -0.2) is 11.5 Å². The minimum absolute atomic E-state index is 0.0766. The molecule has 1 unspecified atom stereocenters. The molecule has 4 rings (SSSR count). The van der Waals surface area contributed by atoms with E-state index in [1.54, 1.807) is 0 Å². The zero-order chi connectivity index (χ0) is 18.1. The highest BCUT2D eigenvalue weighted by atomic mass is 16.5. The molecule has 1 aliphatic carbocycles. The summed E-state index contributed by atoms with van der Waals surface area (Å²) >= 11 is 0. The number of carbonyl (C=O) groups is 1. The van der Waals surface area contributed by atoms with Crippen molar-refractivity contribution >= 4 is 12.0 Å². The van der Waals surface area contributed by atoms with Gasteiger partial charge in [0.1, 0.15) is 11.4 Å². The first-order valence-electron chi connectivity index (χ1n) is 9.38. The van der Waals surface area contributed by atoms with Crippen LogP contribution in [0.15, 0.2) is 48.5 Å². The van der Waals surface area contributed by atoms with E-state index in [1.165, 1.54) is 11.1 Å². The van der Waals surface area contributed by atoms with Gasteiger partial charge in [-0.15, -0.1) is 0 Å². The van der Waals surface area contributed by atoms with Gasteiger partial charge >= 0.3 is 0 Å². The van der Waals surface area contributed by atoms with Crippen LogP contribution in [-0.2, 0) is 17.6 Å². The molecule has 2 aromatic rings. The van der Waals surface area contributed by atoms with Crippen molar-refractivity contribution in [1.29, 1.82) is 0 Å². The smallest absolute Gasteiger partial charge is 0.224 e. The lowest BCUT2D eigenvalue weighted by atomic mass is 9.87. The van der Waals surface area contributed by atoms with Crippen molar-refractivity contribution < 1.29 is 9.53 Å². The molecule has 1 amide bonds. The van der Waals surface area contributed by atoms with Crippen LogP contribution >= 0.6 is 0 Å². The number of aryl methyl sites for hydroxylation is 1. The second kappa shape index (κ2) is 6.64. The SMILES string of the molecule is CC1(C)C=Cc2cc(CC(=O)NC3CCCc4ccccc43)ccc2O1. The highest BCUT2D eigenvalue weighted by Gasteiger charge is 2.23. The zero-order valence-electron chi connectivity index (χ0n) is 15.4. The lowest BCUT2D eigenvalue weighted by Gasteiger charge is -2.28. The van der Waals surface area contributed by atoms with Gasteiger partial charge in [0.2, 0.25) is 5.91 Å². The average molecular weight is 347 g/mol. The standard InChI is InChI=1S/C23H25NO2/c1-23(2)13-12-18-14-16(10-11-21(18)26-23)15-22(25)24-20-9-5-7-17-6-3-4-8-19(17)20/h3-4,6,8,10-14,20H,5,7,9,15H2,1-2H3,(H,24,25). The normalized spacial score (nSPS) is 19.8. The van der Waals surface area contributed by atoms with Crippen molar-refractivity contribution in [3.63, 3.8) is 0 Å². The van der Waals surface area contributed by atoms with Gasteiger partial charge in [-0.3, -0.25) is 4.79 Å². The minimum atomic E-state index is -0.278. The fourth-order valence-electron chi connectivity index (χ4n) is 3.87. The molecule has 1 N–H and O–H groups in total. The molecule has 1 heterocycles. The molecule has 0 bridgehead atoms. The lowest BCUT2D eigenvalue weighted by molar-refractivity contribution is -0.121. The topological polar surface area (TPSA) is 38.3 Å². The number of benzene rings is 2. The molecule has 1 aliphatic heterocycles.